The van der Waals surface area contributed by atoms with Gasteiger partial charge in [0.15, 0.2) is 0 Å². The van der Waals surface area contributed by atoms with Gasteiger partial charge in [-0.3, -0.25) is 20.2 Å². The number of nitrogens with one attached hydrogen (secondary N) is 1. The van der Waals surface area contributed by atoms with Crippen LogP contribution in [0, 0.1) is 25.0 Å². The lowest BCUT2D eigenvalue weighted by Crippen LogP contribution is -2.35. The number of nitro groups is 1. The molecule has 142 valence electrons. The Morgan fingerprint density at radius 2 is 2.07 bits per heavy atom. The van der Waals surface area contributed by atoms with Crippen LogP contribution in [-0.4, -0.2) is 16.9 Å². The highest BCUT2D eigenvalue weighted by Gasteiger charge is 2.12. The predicted molar refractivity (Wildman–Crippen MR) is 108 cm³/mol. The number of imide groups is 1. The van der Waals surface area contributed by atoms with E-state index in [4.69, 9.17) is 15.7 Å². The fourth-order valence-corrected chi connectivity index (χ4v) is 2.83. The first-order valence-corrected chi connectivity index (χ1v) is 8.76. The number of carbonyl (C=O) groups is 2. The zero-order valence-electron chi connectivity index (χ0n) is 14.2. The molecule has 0 aliphatic heterocycles. The fraction of sp³-hybridized carbons (Fsp3) is 0.0556. The van der Waals surface area contributed by atoms with Crippen LogP contribution in [0.4, 0.5) is 10.5 Å². The van der Waals surface area contributed by atoms with E-state index in [1.54, 1.807) is 36.4 Å². The minimum absolute atomic E-state index is 0.0189. The number of amides is 3. The van der Waals surface area contributed by atoms with E-state index in [0.29, 0.717) is 20.4 Å². The van der Waals surface area contributed by atoms with Crippen LogP contribution in [0.1, 0.15) is 11.1 Å². The van der Waals surface area contributed by atoms with Gasteiger partial charge in [-0.2, -0.15) is 5.26 Å². The molecule has 0 atom stereocenters. The molecule has 2 rings (SSSR count). The van der Waals surface area contributed by atoms with E-state index in [1.807, 2.05) is 27.9 Å². The second-order valence-electron chi connectivity index (χ2n) is 5.39. The summed E-state index contributed by atoms with van der Waals surface area (Å²) in [7, 11) is 0. The smallest absolute Gasteiger partial charge is 0.319 e. The van der Waals surface area contributed by atoms with Gasteiger partial charge in [0, 0.05) is 12.1 Å². The first-order chi connectivity index (χ1) is 13.3. The molecule has 0 radical (unpaired) electrons. The third-order valence-corrected chi connectivity index (χ3v) is 4.23. The van der Waals surface area contributed by atoms with E-state index in [1.165, 1.54) is 18.2 Å². The molecular formula is C18H13IN4O5. The zero-order chi connectivity index (χ0) is 20.7. The maximum absolute atomic E-state index is 11.7. The Morgan fingerprint density at radius 1 is 1.32 bits per heavy atom. The lowest BCUT2D eigenvalue weighted by atomic mass is 10.1. The van der Waals surface area contributed by atoms with Crippen molar-refractivity contribution in [1.29, 1.82) is 5.26 Å². The summed E-state index contributed by atoms with van der Waals surface area (Å²) in [5.74, 6) is -0.361. The van der Waals surface area contributed by atoms with Gasteiger partial charge in [-0.15, -0.1) is 0 Å². The molecule has 2 aromatic rings. The molecule has 0 saturated carbocycles. The van der Waals surface area contributed by atoms with Crippen LogP contribution in [0.3, 0.4) is 0 Å². The van der Waals surface area contributed by atoms with Crippen LogP contribution in [0.5, 0.6) is 5.75 Å². The summed E-state index contributed by atoms with van der Waals surface area (Å²) in [4.78, 5) is 32.8. The number of non-ortho nitro benzene ring substituents is 1. The van der Waals surface area contributed by atoms with Crippen LogP contribution >= 0.6 is 22.6 Å². The first-order valence-electron chi connectivity index (χ1n) is 7.68. The van der Waals surface area contributed by atoms with Gasteiger partial charge in [-0.05, 0) is 51.9 Å². The van der Waals surface area contributed by atoms with Crippen LogP contribution in [-0.2, 0) is 11.4 Å². The number of nitrogens with two attached hydrogens (primary N) is 1. The number of hydrogen-bond donors (Lipinski definition) is 2. The van der Waals surface area contributed by atoms with Crippen LogP contribution in [0.25, 0.3) is 6.08 Å². The zero-order valence-corrected chi connectivity index (χ0v) is 16.4. The van der Waals surface area contributed by atoms with E-state index in [9.17, 15) is 19.7 Å². The van der Waals surface area contributed by atoms with Crippen molar-refractivity contribution in [2.75, 3.05) is 0 Å². The highest BCUT2D eigenvalue weighted by atomic mass is 127. The molecule has 2 aromatic carbocycles. The molecular weight excluding hydrogens is 479 g/mol. The SMILES string of the molecule is N#C/C(=C/c1ccc(OCc2cccc([N+](=O)[O-])c2)c(I)c1)C(=O)NC(N)=O. The molecule has 10 heteroatoms. The summed E-state index contributed by atoms with van der Waals surface area (Å²) < 4.78 is 6.39. The van der Waals surface area contributed by atoms with Gasteiger partial charge in [-0.1, -0.05) is 18.2 Å². The van der Waals surface area contributed by atoms with E-state index < -0.39 is 16.9 Å². The quantitative estimate of drug-likeness (QED) is 0.208. The minimum atomic E-state index is -1.05. The first kappa shape index (κ1) is 20.8. The molecule has 9 nitrogen and oxygen atoms in total. The summed E-state index contributed by atoms with van der Waals surface area (Å²) in [6, 6.07) is 11.7. The van der Waals surface area contributed by atoms with Crippen LogP contribution in [0.2, 0.25) is 0 Å². The van der Waals surface area contributed by atoms with Gasteiger partial charge in [0.05, 0.1) is 8.49 Å². The second kappa shape index (κ2) is 9.47. The number of halogens is 1. The Bertz CT molecular complexity index is 1010. The molecule has 0 unspecified atom stereocenters. The second-order valence-corrected chi connectivity index (χ2v) is 6.56. The highest BCUT2D eigenvalue weighted by Crippen LogP contribution is 2.25. The Labute approximate surface area is 173 Å². The number of ether oxygens (including phenoxy) is 1. The monoisotopic (exact) mass is 492 g/mol. The Morgan fingerprint density at radius 3 is 2.68 bits per heavy atom. The third kappa shape index (κ3) is 5.78. The summed E-state index contributed by atoms with van der Waals surface area (Å²) in [6.45, 7) is 0.136. The van der Waals surface area contributed by atoms with Gasteiger partial charge < -0.3 is 10.5 Å². The average molecular weight is 492 g/mol. The Kier molecular flexibility index (Phi) is 7.05. The van der Waals surface area contributed by atoms with E-state index in [2.05, 4.69) is 0 Å². The molecule has 0 fully saturated rings. The number of nitrogens with zero attached hydrogens (tertiary/aromatic N) is 2. The minimum Gasteiger partial charge on any atom is -0.488 e. The number of hydrogen-bond acceptors (Lipinski definition) is 6. The maximum atomic E-state index is 11.7. The maximum Gasteiger partial charge on any atom is 0.319 e. The van der Waals surface area contributed by atoms with E-state index in [0.717, 1.165) is 0 Å². The van der Waals surface area contributed by atoms with Crippen molar-refractivity contribution in [3.05, 3.63) is 72.8 Å². The number of nitriles is 1. The number of urea groups is 1. The van der Waals surface area contributed by atoms with Crippen molar-refractivity contribution >= 4 is 46.3 Å². The van der Waals surface area contributed by atoms with Crippen molar-refractivity contribution in [2.24, 2.45) is 5.73 Å². The van der Waals surface area contributed by atoms with Crippen molar-refractivity contribution in [3.63, 3.8) is 0 Å². The molecule has 3 amide bonds. The Hall–Kier alpha value is -3.46. The molecule has 0 spiro atoms. The molecule has 0 saturated heterocycles. The molecule has 0 heterocycles. The van der Waals surface area contributed by atoms with Crippen molar-refractivity contribution < 1.29 is 19.2 Å². The number of primary amides is 1. The number of benzene rings is 2. The molecule has 0 aliphatic carbocycles. The van der Waals surface area contributed by atoms with Gasteiger partial charge in [0.1, 0.15) is 24.0 Å². The molecule has 3 N–H and O–H groups in total. The number of nitro benzene ring substituents is 1. The molecule has 0 aromatic heterocycles. The number of carbonyl (C=O) groups excluding carboxylic acids is 2. The van der Waals surface area contributed by atoms with Crippen LogP contribution < -0.4 is 15.8 Å². The predicted octanol–water partition coefficient (Wildman–Crippen LogP) is 2.88. The average Bonchev–Trinajstić information content (AvgIpc) is 2.65. The standard InChI is InChI=1S/C18H13IN4O5/c19-15-8-11(6-13(9-20)17(24)22-18(21)25)4-5-16(15)28-10-12-2-1-3-14(7-12)23(26)27/h1-8H,10H2,(H3,21,22,24,25)/b13-6-. The van der Waals surface area contributed by atoms with Crippen molar-refractivity contribution in [2.45, 2.75) is 6.61 Å². The summed E-state index contributed by atoms with van der Waals surface area (Å²) in [5, 5.41) is 21.7. The number of rotatable bonds is 6. The lowest BCUT2D eigenvalue weighted by molar-refractivity contribution is -0.384. The summed E-state index contributed by atoms with van der Waals surface area (Å²) >= 11 is 2.02. The molecule has 28 heavy (non-hydrogen) atoms. The van der Waals surface area contributed by atoms with Crippen molar-refractivity contribution in [3.8, 4) is 11.8 Å². The summed E-state index contributed by atoms with van der Waals surface area (Å²) in [6.07, 6.45) is 1.31. The summed E-state index contributed by atoms with van der Waals surface area (Å²) in [5.41, 5.74) is 5.76. The van der Waals surface area contributed by atoms with Gasteiger partial charge in [-0.25, -0.2) is 4.79 Å². The van der Waals surface area contributed by atoms with E-state index in [-0.39, 0.29) is 17.9 Å². The van der Waals surface area contributed by atoms with Gasteiger partial charge in [0.2, 0.25) is 0 Å². The molecule has 0 bridgehead atoms. The molecule has 0 aliphatic rings. The van der Waals surface area contributed by atoms with Gasteiger partial charge >= 0.3 is 6.03 Å². The highest BCUT2D eigenvalue weighted by molar-refractivity contribution is 14.1. The normalized spacial score (nSPS) is 10.6. The fourth-order valence-electron chi connectivity index (χ4n) is 2.14. The van der Waals surface area contributed by atoms with Gasteiger partial charge in [0.25, 0.3) is 11.6 Å². The Balaban J connectivity index is 2.14. The third-order valence-electron chi connectivity index (χ3n) is 3.38. The van der Waals surface area contributed by atoms with Crippen LogP contribution in [0.15, 0.2) is 48.0 Å². The lowest BCUT2D eigenvalue weighted by Gasteiger charge is -2.09. The van der Waals surface area contributed by atoms with E-state index >= 15 is 0 Å². The topological polar surface area (TPSA) is 148 Å². The van der Waals surface area contributed by atoms with Crippen molar-refractivity contribution in [1.82, 2.24) is 5.32 Å². The largest absolute Gasteiger partial charge is 0.488 e.